The van der Waals surface area contributed by atoms with Crippen molar-refractivity contribution in [2.24, 2.45) is 16.0 Å². The number of rotatable bonds is 8. The number of halogens is 4. The molecule has 3 unspecified atom stereocenters. The number of carbonyl (C=O) groups is 1. The van der Waals surface area contributed by atoms with Crippen molar-refractivity contribution in [1.82, 2.24) is 14.5 Å². The maximum Gasteiger partial charge on any atom is 0.449 e. The predicted octanol–water partition coefficient (Wildman–Crippen LogP) is 3.77. The minimum Gasteiger partial charge on any atom is -0.454 e. The van der Waals surface area contributed by atoms with Crippen LogP contribution in [-0.4, -0.2) is 47.2 Å². The van der Waals surface area contributed by atoms with Crippen molar-refractivity contribution < 1.29 is 39.4 Å². The average Bonchev–Trinajstić information content (AvgIpc) is 3.57. The molecule has 1 fully saturated rings. The van der Waals surface area contributed by atoms with Gasteiger partial charge in [0.25, 0.3) is 0 Å². The highest BCUT2D eigenvalue weighted by molar-refractivity contribution is 7.84. The fourth-order valence-electron chi connectivity index (χ4n) is 3.90. The van der Waals surface area contributed by atoms with Crippen LogP contribution in [0.15, 0.2) is 52.5 Å². The van der Waals surface area contributed by atoms with Crippen LogP contribution in [0.2, 0.25) is 0 Å². The molecule has 3 atom stereocenters. The zero-order chi connectivity index (χ0) is 27.0. The Morgan fingerprint density at radius 3 is 2.78 bits per heavy atom. The van der Waals surface area contributed by atoms with E-state index in [0.717, 1.165) is 12.4 Å². The molecule has 0 radical (unpaired) electrons. The molecule has 0 aliphatic heterocycles. The Morgan fingerprint density at radius 2 is 2.11 bits per heavy atom. The maximum absolute atomic E-state index is 14.6. The minimum atomic E-state index is -4.62. The van der Waals surface area contributed by atoms with Gasteiger partial charge in [-0.05, 0) is 43.9 Å². The topological polar surface area (TPSA) is 143 Å². The van der Waals surface area contributed by atoms with Crippen molar-refractivity contribution in [2.45, 2.75) is 38.2 Å². The third-order valence-corrected chi connectivity index (χ3v) is 6.26. The smallest absolute Gasteiger partial charge is 0.449 e. The van der Waals surface area contributed by atoms with E-state index in [0.29, 0.717) is 0 Å². The zero-order valence-corrected chi connectivity index (χ0v) is 20.0. The molecule has 0 bridgehead atoms. The van der Waals surface area contributed by atoms with E-state index in [2.05, 4.69) is 19.1 Å². The van der Waals surface area contributed by atoms with E-state index in [4.69, 9.17) is 9.56 Å². The van der Waals surface area contributed by atoms with Crippen LogP contribution in [-0.2, 0) is 20.7 Å². The van der Waals surface area contributed by atoms with Crippen LogP contribution in [0.25, 0.3) is 0 Å². The van der Waals surface area contributed by atoms with E-state index in [1.54, 1.807) is 6.92 Å². The van der Waals surface area contributed by atoms with Gasteiger partial charge in [-0.15, -0.1) is 0 Å². The summed E-state index contributed by atoms with van der Waals surface area (Å²) in [6, 6.07) is 2.86. The first kappa shape index (κ1) is 26.6. The highest BCUT2D eigenvalue weighted by Gasteiger charge is 2.35. The first-order chi connectivity index (χ1) is 17.3. The van der Waals surface area contributed by atoms with Crippen LogP contribution in [0, 0.1) is 5.92 Å². The van der Waals surface area contributed by atoms with E-state index in [1.807, 2.05) is 0 Å². The molecule has 0 spiro atoms. The number of hydrogen-bond acceptors (Lipinski definition) is 8. The van der Waals surface area contributed by atoms with Gasteiger partial charge in [0.05, 0.1) is 23.9 Å². The Bertz CT molecular complexity index is 1430. The molecule has 15 heteroatoms. The second-order valence-corrected chi connectivity index (χ2v) is 9.69. The number of alkyl halides is 4. The van der Waals surface area contributed by atoms with Gasteiger partial charge in [0.15, 0.2) is 11.6 Å². The number of hydrogen-bond donors (Lipinski definition) is 1. The molecule has 3 aromatic rings. The SMILES string of the molecule is CC(c1ccc(C(F)(F)F)o1)n1ccc(C(=O)c2cncnc2N=C2CC(COS(N)(=O)=O)CC2F)c1. The van der Waals surface area contributed by atoms with E-state index in [-0.39, 0.29) is 47.9 Å². The van der Waals surface area contributed by atoms with Crippen molar-refractivity contribution in [3.63, 3.8) is 0 Å². The van der Waals surface area contributed by atoms with Gasteiger partial charge < -0.3 is 8.98 Å². The van der Waals surface area contributed by atoms with Gasteiger partial charge in [-0.1, -0.05) is 0 Å². The molecule has 1 aliphatic rings. The summed E-state index contributed by atoms with van der Waals surface area (Å²) in [7, 11) is -4.17. The van der Waals surface area contributed by atoms with Crippen LogP contribution in [0.3, 0.4) is 0 Å². The molecule has 4 rings (SSSR count). The fraction of sp³-hybridized carbons (Fsp3) is 0.364. The average molecular weight is 543 g/mol. The molecule has 2 N–H and O–H groups in total. The van der Waals surface area contributed by atoms with Gasteiger partial charge in [0.1, 0.15) is 18.3 Å². The number of nitrogens with two attached hydrogens (primary N) is 1. The van der Waals surface area contributed by atoms with Crippen LogP contribution in [0.4, 0.5) is 23.4 Å². The largest absolute Gasteiger partial charge is 0.454 e. The highest BCUT2D eigenvalue weighted by atomic mass is 32.2. The minimum absolute atomic E-state index is 0.0193. The molecule has 198 valence electrons. The summed E-state index contributed by atoms with van der Waals surface area (Å²) < 4.78 is 86.0. The maximum atomic E-state index is 14.6. The van der Waals surface area contributed by atoms with Crippen LogP contribution >= 0.6 is 0 Å². The number of aliphatic imine (C=N–C) groups is 1. The number of ketones is 1. The normalized spacial score (nSPS) is 20.4. The van der Waals surface area contributed by atoms with Crippen molar-refractivity contribution in [2.75, 3.05) is 6.61 Å². The van der Waals surface area contributed by atoms with Gasteiger partial charge in [0.2, 0.25) is 5.76 Å². The van der Waals surface area contributed by atoms with Crippen LogP contribution in [0.1, 0.15) is 53.2 Å². The van der Waals surface area contributed by atoms with Gasteiger partial charge in [-0.3, -0.25) is 8.98 Å². The van der Waals surface area contributed by atoms with Crippen molar-refractivity contribution in [3.05, 3.63) is 65.8 Å². The summed E-state index contributed by atoms with van der Waals surface area (Å²) in [6.07, 6.45) is -0.770. The van der Waals surface area contributed by atoms with E-state index < -0.39 is 46.2 Å². The molecule has 3 heterocycles. The van der Waals surface area contributed by atoms with Gasteiger partial charge in [-0.25, -0.2) is 24.5 Å². The molecule has 0 aromatic carbocycles. The first-order valence-electron chi connectivity index (χ1n) is 10.9. The van der Waals surface area contributed by atoms with E-state index >= 15 is 0 Å². The molecular weight excluding hydrogens is 522 g/mol. The molecule has 10 nitrogen and oxygen atoms in total. The lowest BCUT2D eigenvalue weighted by molar-refractivity contribution is -0.153. The summed E-state index contributed by atoms with van der Waals surface area (Å²) in [5.74, 6) is -2.17. The molecule has 1 saturated carbocycles. The zero-order valence-electron chi connectivity index (χ0n) is 19.2. The number of furan rings is 1. The molecule has 1 aliphatic carbocycles. The third kappa shape index (κ3) is 6.29. The van der Waals surface area contributed by atoms with E-state index in [9.17, 15) is 30.8 Å². The van der Waals surface area contributed by atoms with Crippen LogP contribution in [0.5, 0.6) is 0 Å². The van der Waals surface area contributed by atoms with Crippen molar-refractivity contribution in [1.29, 1.82) is 0 Å². The lowest BCUT2D eigenvalue weighted by Crippen LogP contribution is -2.19. The monoisotopic (exact) mass is 543 g/mol. The first-order valence-corrected chi connectivity index (χ1v) is 12.4. The Morgan fingerprint density at radius 1 is 1.35 bits per heavy atom. The molecular formula is C22H21F4N5O5S. The summed E-state index contributed by atoms with van der Waals surface area (Å²) in [4.78, 5) is 25.2. The van der Waals surface area contributed by atoms with Crippen molar-refractivity contribution >= 4 is 27.6 Å². The Balaban J connectivity index is 1.53. The summed E-state index contributed by atoms with van der Waals surface area (Å²) in [5.41, 5.74) is 0.225. The summed E-state index contributed by atoms with van der Waals surface area (Å²) in [5, 5.41) is 4.81. The number of nitrogens with zero attached hydrogens (tertiary/aromatic N) is 4. The molecule has 3 aromatic heterocycles. The predicted molar refractivity (Wildman–Crippen MR) is 121 cm³/mol. The standard InChI is InChI=1S/C22H21F4N5O5S/c1-12(18-2-3-19(36-18)22(24,25)26)31-5-4-14(9-31)20(32)15-8-28-11-29-21(15)30-17-7-13(6-16(17)23)10-35-37(27,33)34/h2-5,8-9,11-13,16H,6-7,10H2,1H3,(H2,27,33,34). The quantitative estimate of drug-likeness (QED) is 0.337. The molecule has 0 saturated heterocycles. The highest BCUT2D eigenvalue weighted by Crippen LogP contribution is 2.33. The second kappa shape index (κ2) is 10.1. The summed E-state index contributed by atoms with van der Waals surface area (Å²) >= 11 is 0. The summed E-state index contributed by atoms with van der Waals surface area (Å²) in [6.45, 7) is 1.30. The Hall–Kier alpha value is -3.43. The molecule has 37 heavy (non-hydrogen) atoms. The number of carbonyl (C=O) groups excluding carboxylic acids is 1. The van der Waals surface area contributed by atoms with Gasteiger partial charge >= 0.3 is 16.5 Å². The lowest BCUT2D eigenvalue weighted by Gasteiger charge is -2.11. The molecule has 0 amide bonds. The number of aromatic nitrogens is 3. The van der Waals surface area contributed by atoms with Gasteiger partial charge in [0, 0.05) is 24.2 Å². The second-order valence-electron chi connectivity index (χ2n) is 8.47. The van der Waals surface area contributed by atoms with Crippen LogP contribution < -0.4 is 5.14 Å². The lowest BCUT2D eigenvalue weighted by atomic mass is 10.1. The van der Waals surface area contributed by atoms with E-state index in [1.165, 1.54) is 35.3 Å². The van der Waals surface area contributed by atoms with Gasteiger partial charge in [-0.2, -0.15) is 21.6 Å². The Labute approximate surface area is 208 Å². The Kier molecular flexibility index (Phi) is 7.30. The fourth-order valence-corrected chi connectivity index (χ4v) is 4.28. The third-order valence-electron chi connectivity index (χ3n) is 5.79. The van der Waals surface area contributed by atoms with Crippen molar-refractivity contribution in [3.8, 4) is 0 Å².